The van der Waals surface area contributed by atoms with Crippen molar-refractivity contribution in [2.75, 3.05) is 0 Å². The Morgan fingerprint density at radius 3 is 2.76 bits per heavy atom. The molecule has 110 valence electrons. The fourth-order valence-corrected chi connectivity index (χ4v) is 3.37. The van der Waals surface area contributed by atoms with Gasteiger partial charge in [0.15, 0.2) is 0 Å². The van der Waals surface area contributed by atoms with Crippen molar-refractivity contribution in [3.63, 3.8) is 0 Å². The number of aryl methyl sites for hydroxylation is 2. The Morgan fingerprint density at radius 2 is 2.00 bits per heavy atom. The van der Waals surface area contributed by atoms with E-state index in [1.54, 1.807) is 12.1 Å². The van der Waals surface area contributed by atoms with Crippen LogP contribution in [-0.2, 0) is 19.3 Å². The summed E-state index contributed by atoms with van der Waals surface area (Å²) in [6.07, 6.45) is 4.12. The molecule has 0 aliphatic heterocycles. The maximum absolute atomic E-state index is 14.0. The molecular weight excluding hydrogens is 287 g/mol. The van der Waals surface area contributed by atoms with Crippen molar-refractivity contribution < 1.29 is 4.39 Å². The highest BCUT2D eigenvalue weighted by molar-refractivity contribution is 6.31. The van der Waals surface area contributed by atoms with Crippen molar-refractivity contribution in [3.05, 3.63) is 69.5 Å². The van der Waals surface area contributed by atoms with Gasteiger partial charge in [-0.05, 0) is 54.5 Å². The molecule has 0 amide bonds. The summed E-state index contributed by atoms with van der Waals surface area (Å²) >= 11 is 6.13. The summed E-state index contributed by atoms with van der Waals surface area (Å²) in [5.41, 5.74) is 7.11. The molecule has 0 saturated heterocycles. The van der Waals surface area contributed by atoms with Crippen LogP contribution in [0.1, 0.15) is 34.7 Å². The van der Waals surface area contributed by atoms with Gasteiger partial charge in [-0.3, -0.25) is 11.3 Å². The zero-order chi connectivity index (χ0) is 14.8. The van der Waals surface area contributed by atoms with E-state index >= 15 is 0 Å². The van der Waals surface area contributed by atoms with Gasteiger partial charge >= 0.3 is 0 Å². The number of halogens is 2. The minimum absolute atomic E-state index is 0.327. The molecule has 21 heavy (non-hydrogen) atoms. The van der Waals surface area contributed by atoms with Crippen molar-refractivity contribution >= 4 is 11.6 Å². The number of hydrogen-bond acceptors (Lipinski definition) is 2. The fourth-order valence-electron chi connectivity index (χ4n) is 3.08. The van der Waals surface area contributed by atoms with Gasteiger partial charge in [0.1, 0.15) is 5.82 Å². The summed E-state index contributed by atoms with van der Waals surface area (Å²) in [6, 6.07) is 10.8. The van der Waals surface area contributed by atoms with E-state index in [0.717, 1.165) is 18.4 Å². The summed E-state index contributed by atoms with van der Waals surface area (Å²) in [5.74, 6) is 5.30. The van der Waals surface area contributed by atoms with Crippen molar-refractivity contribution in [1.82, 2.24) is 5.43 Å². The van der Waals surface area contributed by atoms with Gasteiger partial charge in [-0.15, -0.1) is 0 Å². The second-order valence-corrected chi connectivity index (χ2v) is 5.92. The van der Waals surface area contributed by atoms with Crippen LogP contribution < -0.4 is 11.3 Å². The molecule has 1 aliphatic carbocycles. The van der Waals surface area contributed by atoms with Crippen molar-refractivity contribution in [3.8, 4) is 0 Å². The number of nitrogens with two attached hydrogens (primary N) is 1. The molecule has 0 saturated carbocycles. The standard InChI is InChI=1S/C17H18ClFN2/c18-14-5-2-6-15(19)17(14)16(21-20)10-11-7-8-12-3-1-4-13(12)9-11/h2,5-9,16,21H,1,3-4,10,20H2. The number of rotatable bonds is 4. The SMILES string of the molecule is NNC(Cc1ccc2c(c1)CCC2)c1c(F)cccc1Cl. The summed E-state index contributed by atoms with van der Waals surface area (Å²) in [4.78, 5) is 0. The highest BCUT2D eigenvalue weighted by Gasteiger charge is 2.19. The molecule has 3 N–H and O–H groups in total. The van der Waals surface area contributed by atoms with Crippen molar-refractivity contribution in [1.29, 1.82) is 0 Å². The Morgan fingerprint density at radius 1 is 1.19 bits per heavy atom. The van der Waals surface area contributed by atoms with Gasteiger partial charge in [0.2, 0.25) is 0 Å². The summed E-state index contributed by atoms with van der Waals surface area (Å²) in [6.45, 7) is 0. The van der Waals surface area contributed by atoms with Gasteiger partial charge in [0, 0.05) is 10.6 Å². The molecule has 0 heterocycles. The first-order valence-electron chi connectivity index (χ1n) is 7.19. The van der Waals surface area contributed by atoms with Gasteiger partial charge in [-0.1, -0.05) is 35.9 Å². The molecule has 0 bridgehead atoms. The Labute approximate surface area is 129 Å². The van der Waals surface area contributed by atoms with Crippen LogP contribution in [-0.4, -0.2) is 0 Å². The predicted octanol–water partition coefficient (Wildman–Crippen LogP) is 3.71. The number of hydrogen-bond donors (Lipinski definition) is 2. The zero-order valence-corrected chi connectivity index (χ0v) is 12.5. The molecule has 0 aromatic heterocycles. The van der Waals surface area contributed by atoms with Crippen LogP contribution in [0.4, 0.5) is 4.39 Å². The minimum atomic E-state index is -0.335. The van der Waals surface area contributed by atoms with Crippen LogP contribution >= 0.6 is 11.6 Å². The monoisotopic (exact) mass is 304 g/mol. The molecule has 0 radical (unpaired) electrons. The number of benzene rings is 2. The van der Waals surface area contributed by atoms with Crippen LogP contribution in [0.2, 0.25) is 5.02 Å². The largest absolute Gasteiger partial charge is 0.271 e. The summed E-state index contributed by atoms with van der Waals surface area (Å²) < 4.78 is 14.0. The van der Waals surface area contributed by atoms with Crippen molar-refractivity contribution in [2.24, 2.45) is 5.84 Å². The third-order valence-electron chi connectivity index (χ3n) is 4.15. The van der Waals surface area contributed by atoms with Crippen LogP contribution in [0.15, 0.2) is 36.4 Å². The Balaban J connectivity index is 1.88. The average Bonchev–Trinajstić information content (AvgIpc) is 2.93. The van der Waals surface area contributed by atoms with Gasteiger partial charge < -0.3 is 0 Å². The molecule has 2 nitrogen and oxygen atoms in total. The smallest absolute Gasteiger partial charge is 0.129 e. The molecule has 2 aromatic rings. The van der Waals surface area contributed by atoms with Gasteiger partial charge in [0.05, 0.1) is 6.04 Å². The maximum Gasteiger partial charge on any atom is 0.129 e. The highest BCUT2D eigenvalue weighted by atomic mass is 35.5. The van der Waals surface area contributed by atoms with Crippen LogP contribution in [0.3, 0.4) is 0 Å². The lowest BCUT2D eigenvalue weighted by atomic mass is 9.96. The molecule has 4 heteroatoms. The molecule has 0 fully saturated rings. The zero-order valence-electron chi connectivity index (χ0n) is 11.7. The lowest BCUT2D eigenvalue weighted by Gasteiger charge is -2.19. The van der Waals surface area contributed by atoms with Crippen LogP contribution in [0.25, 0.3) is 0 Å². The lowest BCUT2D eigenvalue weighted by molar-refractivity contribution is 0.510. The molecule has 3 rings (SSSR count). The molecule has 1 aliphatic rings. The third kappa shape index (κ3) is 2.95. The van der Waals surface area contributed by atoms with Crippen LogP contribution in [0, 0.1) is 5.82 Å². The Bertz CT molecular complexity index is 637. The topological polar surface area (TPSA) is 38.0 Å². The molecule has 1 unspecified atom stereocenters. The fraction of sp³-hybridized carbons (Fsp3) is 0.294. The van der Waals surface area contributed by atoms with Crippen LogP contribution in [0.5, 0.6) is 0 Å². The summed E-state index contributed by atoms with van der Waals surface area (Å²) in [5, 5.41) is 0.402. The van der Waals surface area contributed by atoms with Crippen molar-refractivity contribution in [2.45, 2.75) is 31.7 Å². The highest BCUT2D eigenvalue weighted by Crippen LogP contribution is 2.29. The van der Waals surface area contributed by atoms with Gasteiger partial charge in [0.25, 0.3) is 0 Å². The molecule has 2 aromatic carbocycles. The van der Waals surface area contributed by atoms with E-state index in [2.05, 4.69) is 23.6 Å². The van der Waals surface area contributed by atoms with E-state index in [9.17, 15) is 4.39 Å². The van der Waals surface area contributed by atoms with E-state index in [4.69, 9.17) is 17.4 Å². The average molecular weight is 305 g/mol. The molecule has 0 spiro atoms. The second kappa shape index (κ2) is 6.14. The molecular formula is C17H18ClFN2. The van der Waals surface area contributed by atoms with E-state index in [1.807, 2.05) is 0 Å². The Kier molecular flexibility index (Phi) is 4.24. The molecule has 1 atom stereocenters. The van der Waals surface area contributed by atoms with E-state index < -0.39 is 0 Å². The van der Waals surface area contributed by atoms with Gasteiger partial charge in [-0.2, -0.15) is 0 Å². The normalized spacial score (nSPS) is 15.0. The van der Waals surface area contributed by atoms with Gasteiger partial charge in [-0.25, -0.2) is 4.39 Å². The number of fused-ring (bicyclic) bond motifs is 1. The minimum Gasteiger partial charge on any atom is -0.271 e. The first kappa shape index (κ1) is 14.5. The lowest BCUT2D eigenvalue weighted by Crippen LogP contribution is -2.30. The predicted molar refractivity (Wildman–Crippen MR) is 83.6 cm³/mol. The Hall–Kier alpha value is -1.42. The second-order valence-electron chi connectivity index (χ2n) is 5.52. The first-order chi connectivity index (χ1) is 10.2. The first-order valence-corrected chi connectivity index (χ1v) is 7.57. The third-order valence-corrected chi connectivity index (χ3v) is 4.48. The summed E-state index contributed by atoms with van der Waals surface area (Å²) in [7, 11) is 0. The van der Waals surface area contributed by atoms with E-state index in [0.29, 0.717) is 17.0 Å². The quantitative estimate of drug-likeness (QED) is 0.667. The number of hydrazine groups is 1. The maximum atomic E-state index is 14.0. The number of nitrogens with one attached hydrogen (secondary N) is 1. The van der Waals surface area contributed by atoms with E-state index in [1.165, 1.54) is 23.6 Å². The van der Waals surface area contributed by atoms with E-state index in [-0.39, 0.29) is 11.9 Å².